The molecule has 1 saturated carbocycles. The maximum Gasteiger partial charge on any atom is 0.0113 e. The predicted octanol–water partition coefficient (Wildman–Crippen LogP) is 2.72. The van der Waals surface area contributed by atoms with Crippen LogP contribution in [0.4, 0.5) is 0 Å². The molecule has 3 fully saturated rings. The largest absolute Gasteiger partial charge is 0.317 e. The van der Waals surface area contributed by atoms with E-state index in [1.165, 1.54) is 97.2 Å². The Morgan fingerprint density at radius 3 is 2.29 bits per heavy atom. The first-order valence-corrected chi connectivity index (χ1v) is 9.48. The molecule has 0 bridgehead atoms. The minimum atomic E-state index is 0.621. The highest BCUT2D eigenvalue weighted by molar-refractivity contribution is 4.89. The number of hydrogen-bond donors (Lipinski definition) is 1. The van der Waals surface area contributed by atoms with Crippen LogP contribution in [-0.2, 0) is 0 Å². The third kappa shape index (κ3) is 4.00. The average molecular weight is 293 g/mol. The molecule has 3 aliphatic rings. The third-order valence-corrected chi connectivity index (χ3v) is 6.25. The molecule has 2 heterocycles. The lowest BCUT2D eigenvalue weighted by atomic mass is 9.75. The molecule has 3 heteroatoms. The highest BCUT2D eigenvalue weighted by atomic mass is 15.3. The second-order valence-electron chi connectivity index (χ2n) is 7.75. The minimum Gasteiger partial charge on any atom is -0.317 e. The average Bonchev–Trinajstić information content (AvgIpc) is 3.03. The molecule has 0 unspecified atom stereocenters. The molecule has 3 nitrogen and oxygen atoms in total. The Bertz CT molecular complexity index is 292. The predicted molar refractivity (Wildman–Crippen MR) is 89.7 cm³/mol. The molecular weight excluding hydrogens is 258 g/mol. The molecule has 3 rings (SSSR count). The van der Waals surface area contributed by atoms with Crippen LogP contribution in [0.5, 0.6) is 0 Å². The van der Waals surface area contributed by atoms with Crippen LogP contribution in [0, 0.1) is 5.41 Å². The van der Waals surface area contributed by atoms with Crippen molar-refractivity contribution < 1.29 is 0 Å². The van der Waals surface area contributed by atoms with E-state index in [9.17, 15) is 0 Å². The lowest BCUT2D eigenvalue weighted by Crippen LogP contribution is -2.53. The zero-order valence-electron chi connectivity index (χ0n) is 14.1. The lowest BCUT2D eigenvalue weighted by molar-refractivity contribution is 0.0466. The van der Waals surface area contributed by atoms with E-state index in [-0.39, 0.29) is 0 Å². The van der Waals surface area contributed by atoms with E-state index in [4.69, 9.17) is 0 Å². The summed E-state index contributed by atoms with van der Waals surface area (Å²) in [5.74, 6) is 0. The van der Waals surface area contributed by atoms with Crippen molar-refractivity contribution in [1.29, 1.82) is 0 Å². The molecule has 2 saturated heterocycles. The van der Waals surface area contributed by atoms with Crippen LogP contribution in [0.25, 0.3) is 0 Å². The van der Waals surface area contributed by atoms with Crippen LogP contribution in [0.1, 0.15) is 58.3 Å². The Balaban J connectivity index is 1.48. The smallest absolute Gasteiger partial charge is 0.0113 e. The molecule has 21 heavy (non-hydrogen) atoms. The normalized spacial score (nSPS) is 29.0. The Morgan fingerprint density at radius 2 is 1.67 bits per heavy atom. The van der Waals surface area contributed by atoms with Crippen LogP contribution in [0.2, 0.25) is 0 Å². The molecule has 0 aromatic heterocycles. The highest BCUT2D eigenvalue weighted by Crippen LogP contribution is 2.35. The molecule has 0 amide bonds. The van der Waals surface area contributed by atoms with Crippen LogP contribution >= 0.6 is 0 Å². The number of rotatable bonds is 5. The number of hydrogen-bond acceptors (Lipinski definition) is 3. The lowest BCUT2D eigenvalue weighted by Gasteiger charge is -2.45. The van der Waals surface area contributed by atoms with Gasteiger partial charge in [0, 0.05) is 38.8 Å². The van der Waals surface area contributed by atoms with E-state index >= 15 is 0 Å². The third-order valence-electron chi connectivity index (χ3n) is 6.25. The quantitative estimate of drug-likeness (QED) is 0.841. The summed E-state index contributed by atoms with van der Waals surface area (Å²) in [7, 11) is 0. The maximum atomic E-state index is 3.55. The summed E-state index contributed by atoms with van der Waals surface area (Å²) in [6.45, 7) is 11.5. The molecule has 0 spiro atoms. The van der Waals surface area contributed by atoms with Crippen LogP contribution < -0.4 is 5.32 Å². The van der Waals surface area contributed by atoms with E-state index in [0.717, 1.165) is 6.04 Å². The standard InChI is InChI=1S/C18H35N3/c1-2-7-18(8-10-19-11-9-18)16-20-12-14-21(15-13-20)17-5-3-4-6-17/h17,19H,2-16H2,1H3. The molecule has 0 radical (unpaired) electrons. The van der Waals surface area contributed by atoms with Gasteiger partial charge in [-0.3, -0.25) is 4.90 Å². The van der Waals surface area contributed by atoms with E-state index in [1.54, 1.807) is 0 Å². The fourth-order valence-electron chi connectivity index (χ4n) is 5.00. The van der Waals surface area contributed by atoms with Gasteiger partial charge in [0.15, 0.2) is 0 Å². The summed E-state index contributed by atoms with van der Waals surface area (Å²) < 4.78 is 0. The fraction of sp³-hybridized carbons (Fsp3) is 1.00. The molecule has 0 aromatic rings. The summed E-state index contributed by atoms with van der Waals surface area (Å²) in [5.41, 5.74) is 0.621. The van der Waals surface area contributed by atoms with Gasteiger partial charge in [-0.15, -0.1) is 0 Å². The second-order valence-corrected chi connectivity index (χ2v) is 7.75. The van der Waals surface area contributed by atoms with Crippen molar-refractivity contribution in [3.63, 3.8) is 0 Å². The van der Waals surface area contributed by atoms with Gasteiger partial charge in [-0.1, -0.05) is 26.2 Å². The van der Waals surface area contributed by atoms with Gasteiger partial charge < -0.3 is 10.2 Å². The second kappa shape index (κ2) is 7.43. The van der Waals surface area contributed by atoms with Crippen molar-refractivity contribution in [2.75, 3.05) is 45.8 Å². The highest BCUT2D eigenvalue weighted by Gasteiger charge is 2.34. The van der Waals surface area contributed by atoms with E-state index in [1.807, 2.05) is 0 Å². The number of piperidine rings is 1. The Labute approximate surface area is 131 Å². The summed E-state index contributed by atoms with van der Waals surface area (Å²) in [6, 6.07) is 0.927. The number of nitrogens with zero attached hydrogens (tertiary/aromatic N) is 2. The summed E-state index contributed by atoms with van der Waals surface area (Å²) in [5, 5.41) is 3.55. The number of piperazine rings is 1. The van der Waals surface area contributed by atoms with Crippen LogP contribution in [0.3, 0.4) is 0 Å². The van der Waals surface area contributed by atoms with Gasteiger partial charge in [0.1, 0.15) is 0 Å². The molecule has 1 N–H and O–H groups in total. The summed E-state index contributed by atoms with van der Waals surface area (Å²) >= 11 is 0. The van der Waals surface area contributed by atoms with Crippen molar-refractivity contribution in [2.24, 2.45) is 5.41 Å². The van der Waals surface area contributed by atoms with Gasteiger partial charge in [-0.25, -0.2) is 0 Å². The minimum absolute atomic E-state index is 0.621. The molecule has 0 aromatic carbocycles. The maximum absolute atomic E-state index is 3.55. The zero-order chi connectivity index (χ0) is 14.5. The molecule has 1 aliphatic carbocycles. The van der Waals surface area contributed by atoms with Crippen LogP contribution in [-0.4, -0.2) is 61.7 Å². The van der Waals surface area contributed by atoms with Gasteiger partial charge in [0.2, 0.25) is 0 Å². The van der Waals surface area contributed by atoms with E-state index in [2.05, 4.69) is 22.0 Å². The molecule has 0 atom stereocenters. The van der Waals surface area contributed by atoms with Crippen molar-refractivity contribution in [3.8, 4) is 0 Å². The van der Waals surface area contributed by atoms with Crippen LogP contribution in [0.15, 0.2) is 0 Å². The Kier molecular flexibility index (Phi) is 5.58. The molecule has 122 valence electrons. The van der Waals surface area contributed by atoms with Gasteiger partial charge in [-0.2, -0.15) is 0 Å². The van der Waals surface area contributed by atoms with Gasteiger partial charge in [0.05, 0.1) is 0 Å². The topological polar surface area (TPSA) is 18.5 Å². The Morgan fingerprint density at radius 1 is 1.00 bits per heavy atom. The first-order valence-electron chi connectivity index (χ1n) is 9.48. The monoisotopic (exact) mass is 293 g/mol. The number of nitrogens with one attached hydrogen (secondary N) is 1. The molecule has 2 aliphatic heterocycles. The summed E-state index contributed by atoms with van der Waals surface area (Å²) in [6.07, 6.45) is 11.4. The van der Waals surface area contributed by atoms with Crippen molar-refractivity contribution in [3.05, 3.63) is 0 Å². The van der Waals surface area contributed by atoms with Gasteiger partial charge in [0.25, 0.3) is 0 Å². The van der Waals surface area contributed by atoms with Crippen molar-refractivity contribution in [2.45, 2.75) is 64.3 Å². The van der Waals surface area contributed by atoms with Gasteiger partial charge in [-0.05, 0) is 50.6 Å². The van der Waals surface area contributed by atoms with Crippen molar-refractivity contribution >= 4 is 0 Å². The van der Waals surface area contributed by atoms with Gasteiger partial charge >= 0.3 is 0 Å². The summed E-state index contributed by atoms with van der Waals surface area (Å²) in [4.78, 5) is 5.57. The van der Waals surface area contributed by atoms with E-state index < -0.39 is 0 Å². The fourth-order valence-corrected chi connectivity index (χ4v) is 5.00. The Hall–Kier alpha value is -0.120. The zero-order valence-corrected chi connectivity index (χ0v) is 14.1. The first-order chi connectivity index (χ1) is 10.3. The molecular formula is C18H35N3. The van der Waals surface area contributed by atoms with Crippen molar-refractivity contribution in [1.82, 2.24) is 15.1 Å². The van der Waals surface area contributed by atoms with E-state index in [0.29, 0.717) is 5.41 Å². The SMILES string of the molecule is CCCC1(CN2CCN(C3CCCC3)CC2)CCNCC1. The first kappa shape index (κ1) is 15.8.